The van der Waals surface area contributed by atoms with Gasteiger partial charge in [-0.1, -0.05) is 23.7 Å². The van der Waals surface area contributed by atoms with Crippen molar-refractivity contribution < 1.29 is 9.59 Å². The molecule has 1 aliphatic heterocycles. The van der Waals surface area contributed by atoms with E-state index in [4.69, 9.17) is 18.2 Å². The van der Waals surface area contributed by atoms with E-state index in [1.165, 1.54) is 0 Å². The Bertz CT molecular complexity index is 1120. The fraction of sp³-hybridized carbons (Fsp3) is 0.273. The van der Waals surface area contributed by atoms with Crippen LogP contribution in [-0.4, -0.2) is 45.9 Å². The van der Waals surface area contributed by atoms with Gasteiger partial charge in [-0.2, -0.15) is 0 Å². The molecule has 3 aromatic rings. The lowest BCUT2D eigenvalue weighted by molar-refractivity contribution is -0.130. The van der Waals surface area contributed by atoms with Crippen molar-refractivity contribution in [2.45, 2.75) is 18.9 Å². The van der Waals surface area contributed by atoms with Gasteiger partial charge in [0.2, 0.25) is 5.95 Å². The molecule has 0 bridgehead atoms. The highest BCUT2D eigenvalue weighted by molar-refractivity contribution is 6.30. The molecular weight excluding hydrogens is 402 g/mol. The Morgan fingerprint density at radius 2 is 1.83 bits per heavy atom. The molecule has 0 radical (unpaired) electrons. The molecule has 1 fully saturated rings. The molecule has 0 saturated carbocycles. The lowest BCUT2D eigenvalue weighted by Gasteiger charge is -2.32. The van der Waals surface area contributed by atoms with Crippen molar-refractivity contribution >= 4 is 40.4 Å². The minimum atomic E-state index is -0.257. The summed E-state index contributed by atoms with van der Waals surface area (Å²) in [6.45, 7) is 7.94. The number of anilines is 1. The molecule has 2 heterocycles. The van der Waals surface area contributed by atoms with Gasteiger partial charge in [0.1, 0.15) is 0 Å². The Balaban J connectivity index is 1.60. The number of rotatable bonds is 4. The van der Waals surface area contributed by atoms with Crippen molar-refractivity contribution in [3.8, 4) is 0 Å². The maximum Gasteiger partial charge on any atom is 0.302 e. The van der Waals surface area contributed by atoms with E-state index in [2.05, 4.69) is 19.7 Å². The van der Waals surface area contributed by atoms with Crippen LogP contribution in [0.2, 0.25) is 5.02 Å². The molecular formula is C22H20ClN5O2. The average molecular weight is 422 g/mol. The number of hydrogen-bond donors (Lipinski definition) is 1. The number of para-hydroxylation sites is 2. The summed E-state index contributed by atoms with van der Waals surface area (Å²) in [4.78, 5) is 34.3. The average Bonchev–Trinajstić information content (AvgIpc) is 3.12. The molecule has 152 valence electrons. The number of nitrogens with zero attached hydrogens (tertiary/aromatic N) is 4. The second kappa shape index (κ2) is 8.56. The van der Waals surface area contributed by atoms with Gasteiger partial charge in [-0.3, -0.25) is 14.9 Å². The first kappa shape index (κ1) is 19.9. The molecule has 2 aromatic carbocycles. The summed E-state index contributed by atoms with van der Waals surface area (Å²) in [5.74, 6) is 0.102. The summed E-state index contributed by atoms with van der Waals surface area (Å²) >= 11 is 5.92. The summed E-state index contributed by atoms with van der Waals surface area (Å²) in [5, 5.41) is 3.50. The molecule has 7 nitrogen and oxygen atoms in total. The van der Waals surface area contributed by atoms with Crippen LogP contribution in [0.15, 0.2) is 48.5 Å². The molecule has 0 aliphatic carbocycles. The number of halogens is 1. The quantitative estimate of drug-likeness (QED) is 0.646. The summed E-state index contributed by atoms with van der Waals surface area (Å²) in [7, 11) is 0. The Hall–Kier alpha value is -3.37. The number of imidazole rings is 1. The third-order valence-corrected chi connectivity index (χ3v) is 5.58. The van der Waals surface area contributed by atoms with Crippen LogP contribution in [-0.2, 0) is 4.79 Å². The van der Waals surface area contributed by atoms with Gasteiger partial charge in [0.15, 0.2) is 0 Å². The lowest BCUT2D eigenvalue weighted by Crippen LogP contribution is -2.40. The molecule has 4 rings (SSSR count). The maximum atomic E-state index is 12.8. The Morgan fingerprint density at radius 3 is 2.53 bits per heavy atom. The van der Waals surface area contributed by atoms with E-state index in [-0.39, 0.29) is 24.4 Å². The molecule has 0 unspecified atom stereocenters. The van der Waals surface area contributed by atoms with E-state index < -0.39 is 0 Å². The highest BCUT2D eigenvalue weighted by Crippen LogP contribution is 2.31. The van der Waals surface area contributed by atoms with Crippen LogP contribution in [0.3, 0.4) is 0 Å². The molecule has 1 N–H and O–H groups in total. The van der Waals surface area contributed by atoms with Gasteiger partial charge in [-0.15, -0.1) is 0 Å². The number of likely N-dealkylation sites (tertiary alicyclic amines) is 1. The van der Waals surface area contributed by atoms with Crippen LogP contribution in [0, 0.1) is 6.57 Å². The van der Waals surface area contributed by atoms with Crippen molar-refractivity contribution in [3.05, 3.63) is 70.5 Å². The number of hydrogen-bond acceptors (Lipinski definition) is 3. The minimum Gasteiger partial charge on any atom is -0.336 e. The van der Waals surface area contributed by atoms with E-state index in [1.54, 1.807) is 29.2 Å². The van der Waals surface area contributed by atoms with Crippen molar-refractivity contribution in [3.63, 3.8) is 0 Å². The second-order valence-electron chi connectivity index (χ2n) is 7.18. The van der Waals surface area contributed by atoms with Gasteiger partial charge in [0, 0.05) is 29.7 Å². The first-order valence-corrected chi connectivity index (χ1v) is 10.1. The van der Waals surface area contributed by atoms with Gasteiger partial charge in [0.05, 0.1) is 11.0 Å². The molecule has 30 heavy (non-hydrogen) atoms. The fourth-order valence-corrected chi connectivity index (χ4v) is 3.94. The standard InChI is InChI=1S/C22H20ClN5O2/c1-24-14-20(29)27-12-10-17(11-13-27)28-19-5-3-2-4-18(19)25-22(28)26-21(30)15-6-8-16(23)9-7-15/h2-9,17H,10-14H2,(H,25,26,30). The topological polar surface area (TPSA) is 71.6 Å². The van der Waals surface area contributed by atoms with E-state index in [0.717, 1.165) is 23.9 Å². The SMILES string of the molecule is [C-]#[N+]CC(=O)N1CCC(n2c(NC(=O)c3ccc(Cl)cc3)nc3ccccc32)CC1. The zero-order chi connectivity index (χ0) is 21.1. The van der Waals surface area contributed by atoms with Crippen molar-refractivity contribution in [1.29, 1.82) is 0 Å². The van der Waals surface area contributed by atoms with Crippen molar-refractivity contribution in [2.24, 2.45) is 0 Å². The summed E-state index contributed by atoms with van der Waals surface area (Å²) in [5.41, 5.74) is 2.24. The van der Waals surface area contributed by atoms with Crippen molar-refractivity contribution in [2.75, 3.05) is 25.0 Å². The number of carbonyl (C=O) groups is 2. The summed E-state index contributed by atoms with van der Waals surface area (Å²) < 4.78 is 2.06. The number of fused-ring (bicyclic) bond motifs is 1. The number of amides is 2. The van der Waals surface area contributed by atoms with Gasteiger partial charge < -0.3 is 14.3 Å². The third-order valence-electron chi connectivity index (χ3n) is 5.32. The molecule has 1 aromatic heterocycles. The number of piperidine rings is 1. The van der Waals surface area contributed by atoms with E-state index >= 15 is 0 Å². The van der Waals surface area contributed by atoms with Crippen LogP contribution >= 0.6 is 11.6 Å². The van der Waals surface area contributed by atoms with Crippen molar-refractivity contribution in [1.82, 2.24) is 14.5 Å². The van der Waals surface area contributed by atoms with Gasteiger partial charge in [-0.25, -0.2) is 11.6 Å². The van der Waals surface area contributed by atoms with Gasteiger partial charge >= 0.3 is 5.91 Å². The number of carbonyl (C=O) groups excluding carboxylic acids is 2. The first-order chi connectivity index (χ1) is 14.6. The van der Waals surface area contributed by atoms with Crippen LogP contribution < -0.4 is 5.32 Å². The minimum absolute atomic E-state index is 0.0925. The Morgan fingerprint density at radius 1 is 1.13 bits per heavy atom. The Kier molecular flexibility index (Phi) is 5.68. The summed E-state index contributed by atoms with van der Waals surface area (Å²) in [6, 6.07) is 14.5. The number of aromatic nitrogens is 2. The normalized spacial score (nSPS) is 14.5. The first-order valence-electron chi connectivity index (χ1n) is 9.71. The summed E-state index contributed by atoms with van der Waals surface area (Å²) in [6.07, 6.45) is 1.46. The Labute approximate surface area is 179 Å². The second-order valence-corrected chi connectivity index (χ2v) is 7.62. The third kappa shape index (κ3) is 4.00. The van der Waals surface area contributed by atoms with E-state index in [1.807, 2.05) is 24.3 Å². The number of benzene rings is 2. The maximum absolute atomic E-state index is 12.8. The van der Waals surface area contributed by atoms with E-state index in [9.17, 15) is 9.59 Å². The molecule has 2 amide bonds. The smallest absolute Gasteiger partial charge is 0.302 e. The predicted octanol–water partition coefficient (Wildman–Crippen LogP) is 4.02. The molecule has 0 atom stereocenters. The molecule has 8 heteroatoms. The van der Waals surface area contributed by atoms with Crippen LogP contribution in [0.5, 0.6) is 0 Å². The predicted molar refractivity (Wildman–Crippen MR) is 115 cm³/mol. The highest BCUT2D eigenvalue weighted by atomic mass is 35.5. The molecule has 1 aliphatic rings. The lowest BCUT2D eigenvalue weighted by atomic mass is 10.0. The van der Waals surface area contributed by atoms with Crippen LogP contribution in [0.25, 0.3) is 15.9 Å². The largest absolute Gasteiger partial charge is 0.336 e. The monoisotopic (exact) mass is 421 g/mol. The molecule has 1 saturated heterocycles. The highest BCUT2D eigenvalue weighted by Gasteiger charge is 2.28. The fourth-order valence-electron chi connectivity index (χ4n) is 3.82. The zero-order valence-electron chi connectivity index (χ0n) is 16.2. The molecule has 0 spiro atoms. The van der Waals surface area contributed by atoms with E-state index in [0.29, 0.717) is 29.6 Å². The van der Waals surface area contributed by atoms with Crippen LogP contribution in [0.4, 0.5) is 5.95 Å². The number of nitrogens with one attached hydrogen (secondary N) is 1. The van der Waals surface area contributed by atoms with Crippen LogP contribution in [0.1, 0.15) is 29.2 Å². The van der Waals surface area contributed by atoms with Gasteiger partial charge in [-0.05, 0) is 49.2 Å². The van der Waals surface area contributed by atoms with Gasteiger partial charge in [0.25, 0.3) is 12.5 Å². The zero-order valence-corrected chi connectivity index (χ0v) is 17.0.